The van der Waals surface area contributed by atoms with Gasteiger partial charge in [0.2, 0.25) is 0 Å². The van der Waals surface area contributed by atoms with E-state index in [1.807, 2.05) is 0 Å². The standard InChI is InChI=1S/C11H22N2O/c1-8(7-14)13-10-3-4-11(13)6-9(5-10)12-2/h8-12,14H,3-7H2,1-2H3. The van der Waals surface area contributed by atoms with Gasteiger partial charge in [-0.3, -0.25) is 4.90 Å². The topological polar surface area (TPSA) is 35.5 Å². The molecule has 2 aliphatic heterocycles. The van der Waals surface area contributed by atoms with Crippen molar-refractivity contribution in [2.24, 2.45) is 0 Å². The molecule has 2 bridgehead atoms. The number of fused-ring (bicyclic) bond motifs is 2. The number of nitrogens with one attached hydrogen (secondary N) is 1. The van der Waals surface area contributed by atoms with Crippen LogP contribution in [0.4, 0.5) is 0 Å². The molecule has 14 heavy (non-hydrogen) atoms. The molecule has 82 valence electrons. The normalized spacial score (nSPS) is 40.1. The minimum atomic E-state index is 0.303. The molecule has 0 aliphatic carbocycles. The Balaban J connectivity index is 2.02. The first-order valence-electron chi connectivity index (χ1n) is 5.81. The highest BCUT2D eigenvalue weighted by Gasteiger charge is 2.41. The highest BCUT2D eigenvalue weighted by atomic mass is 16.3. The Morgan fingerprint density at radius 2 is 1.93 bits per heavy atom. The fourth-order valence-corrected chi connectivity index (χ4v) is 3.26. The molecule has 0 aromatic rings. The predicted octanol–water partition coefficient (Wildman–Crippen LogP) is 0.582. The molecular formula is C11H22N2O. The highest BCUT2D eigenvalue weighted by molar-refractivity contribution is 4.98. The van der Waals surface area contributed by atoms with Gasteiger partial charge in [-0.2, -0.15) is 0 Å². The quantitative estimate of drug-likeness (QED) is 0.696. The third kappa shape index (κ3) is 1.69. The number of piperidine rings is 1. The van der Waals surface area contributed by atoms with E-state index in [-0.39, 0.29) is 0 Å². The Kier molecular flexibility index (Phi) is 3.10. The van der Waals surface area contributed by atoms with E-state index >= 15 is 0 Å². The van der Waals surface area contributed by atoms with Crippen molar-refractivity contribution in [2.45, 2.75) is 56.8 Å². The van der Waals surface area contributed by atoms with Crippen molar-refractivity contribution in [1.82, 2.24) is 10.2 Å². The van der Waals surface area contributed by atoms with Crippen LogP contribution in [0.1, 0.15) is 32.6 Å². The van der Waals surface area contributed by atoms with Crippen molar-refractivity contribution in [1.29, 1.82) is 0 Å². The Bertz CT molecular complexity index is 184. The summed E-state index contributed by atoms with van der Waals surface area (Å²) in [5.74, 6) is 0. The van der Waals surface area contributed by atoms with Crippen molar-refractivity contribution >= 4 is 0 Å². The van der Waals surface area contributed by atoms with Gasteiger partial charge in [-0.05, 0) is 39.7 Å². The summed E-state index contributed by atoms with van der Waals surface area (Å²) in [6, 6.07) is 2.49. The largest absolute Gasteiger partial charge is 0.395 e. The summed E-state index contributed by atoms with van der Waals surface area (Å²) in [4.78, 5) is 2.55. The van der Waals surface area contributed by atoms with Crippen LogP contribution < -0.4 is 5.32 Å². The lowest BCUT2D eigenvalue weighted by molar-refractivity contribution is 0.0486. The second kappa shape index (κ2) is 4.17. The van der Waals surface area contributed by atoms with Crippen LogP contribution >= 0.6 is 0 Å². The minimum Gasteiger partial charge on any atom is -0.395 e. The summed E-state index contributed by atoms with van der Waals surface area (Å²) in [5.41, 5.74) is 0. The molecule has 0 amide bonds. The highest BCUT2D eigenvalue weighted by Crippen LogP contribution is 2.36. The molecule has 3 nitrogen and oxygen atoms in total. The molecule has 2 fully saturated rings. The van der Waals surface area contributed by atoms with E-state index in [1.165, 1.54) is 25.7 Å². The van der Waals surface area contributed by atoms with Crippen molar-refractivity contribution < 1.29 is 5.11 Å². The van der Waals surface area contributed by atoms with E-state index in [0.717, 1.165) is 0 Å². The van der Waals surface area contributed by atoms with Crippen LogP contribution in [0.2, 0.25) is 0 Å². The second-order valence-electron chi connectivity index (χ2n) is 4.82. The molecule has 3 heteroatoms. The number of aliphatic hydroxyl groups excluding tert-OH is 1. The molecule has 0 radical (unpaired) electrons. The van der Waals surface area contributed by atoms with E-state index in [2.05, 4.69) is 24.2 Å². The van der Waals surface area contributed by atoms with E-state index in [9.17, 15) is 5.11 Å². The van der Waals surface area contributed by atoms with Crippen LogP contribution in [-0.4, -0.2) is 47.8 Å². The Morgan fingerprint density at radius 3 is 2.36 bits per heavy atom. The number of aliphatic hydroxyl groups is 1. The number of nitrogens with zero attached hydrogens (tertiary/aromatic N) is 1. The summed E-state index contributed by atoms with van der Waals surface area (Å²) in [5, 5.41) is 12.6. The third-order valence-electron chi connectivity index (χ3n) is 3.97. The van der Waals surface area contributed by atoms with Crippen molar-refractivity contribution in [3.8, 4) is 0 Å². The maximum absolute atomic E-state index is 9.22. The number of hydrogen-bond acceptors (Lipinski definition) is 3. The maximum Gasteiger partial charge on any atom is 0.0584 e. The summed E-state index contributed by atoms with van der Waals surface area (Å²) >= 11 is 0. The first-order valence-corrected chi connectivity index (χ1v) is 5.81. The zero-order chi connectivity index (χ0) is 10.1. The van der Waals surface area contributed by atoms with Crippen molar-refractivity contribution in [3.63, 3.8) is 0 Å². The molecule has 0 spiro atoms. The van der Waals surface area contributed by atoms with Gasteiger partial charge in [0.1, 0.15) is 0 Å². The van der Waals surface area contributed by atoms with Gasteiger partial charge in [0, 0.05) is 24.2 Å². The molecule has 2 aliphatic rings. The first-order chi connectivity index (χ1) is 6.76. The molecule has 3 unspecified atom stereocenters. The average molecular weight is 198 g/mol. The van der Waals surface area contributed by atoms with E-state index in [0.29, 0.717) is 30.8 Å². The summed E-state index contributed by atoms with van der Waals surface area (Å²) in [6.45, 7) is 2.45. The molecule has 2 saturated heterocycles. The van der Waals surface area contributed by atoms with Crippen LogP contribution in [0.25, 0.3) is 0 Å². The molecular weight excluding hydrogens is 176 g/mol. The van der Waals surface area contributed by atoms with Gasteiger partial charge in [-0.15, -0.1) is 0 Å². The van der Waals surface area contributed by atoms with Crippen LogP contribution in [0, 0.1) is 0 Å². The number of rotatable bonds is 3. The lowest BCUT2D eigenvalue weighted by atomic mass is 9.96. The minimum absolute atomic E-state index is 0.303. The SMILES string of the molecule is CNC1CC2CCC(C1)N2C(C)CO. The van der Waals surface area contributed by atoms with Crippen LogP contribution in [0.15, 0.2) is 0 Å². The van der Waals surface area contributed by atoms with Gasteiger partial charge in [0.25, 0.3) is 0 Å². The average Bonchev–Trinajstić information content (AvgIpc) is 2.48. The Hall–Kier alpha value is -0.120. The fourth-order valence-electron chi connectivity index (χ4n) is 3.26. The molecule has 0 aromatic heterocycles. The molecule has 2 rings (SSSR count). The second-order valence-corrected chi connectivity index (χ2v) is 4.82. The smallest absolute Gasteiger partial charge is 0.0584 e. The molecule has 0 aromatic carbocycles. The summed E-state index contributed by atoms with van der Waals surface area (Å²) in [7, 11) is 2.06. The lowest BCUT2D eigenvalue weighted by Gasteiger charge is -2.41. The third-order valence-corrected chi connectivity index (χ3v) is 3.97. The van der Waals surface area contributed by atoms with Gasteiger partial charge in [-0.1, -0.05) is 0 Å². The van der Waals surface area contributed by atoms with Crippen molar-refractivity contribution in [3.05, 3.63) is 0 Å². The van der Waals surface area contributed by atoms with E-state index < -0.39 is 0 Å². The zero-order valence-electron chi connectivity index (χ0n) is 9.24. The zero-order valence-corrected chi connectivity index (χ0v) is 9.24. The molecule has 3 atom stereocenters. The monoisotopic (exact) mass is 198 g/mol. The fraction of sp³-hybridized carbons (Fsp3) is 1.00. The van der Waals surface area contributed by atoms with Gasteiger partial charge in [-0.25, -0.2) is 0 Å². The van der Waals surface area contributed by atoms with Crippen LogP contribution in [-0.2, 0) is 0 Å². The van der Waals surface area contributed by atoms with Crippen LogP contribution in [0.3, 0.4) is 0 Å². The van der Waals surface area contributed by atoms with Gasteiger partial charge < -0.3 is 10.4 Å². The first kappa shape index (κ1) is 10.4. The Morgan fingerprint density at radius 1 is 1.36 bits per heavy atom. The summed E-state index contributed by atoms with van der Waals surface area (Å²) < 4.78 is 0. The van der Waals surface area contributed by atoms with E-state index in [4.69, 9.17) is 0 Å². The van der Waals surface area contributed by atoms with E-state index in [1.54, 1.807) is 0 Å². The molecule has 2 N–H and O–H groups in total. The van der Waals surface area contributed by atoms with Gasteiger partial charge in [0.05, 0.1) is 6.61 Å². The van der Waals surface area contributed by atoms with Gasteiger partial charge in [0.15, 0.2) is 0 Å². The summed E-state index contributed by atoms with van der Waals surface area (Å²) in [6.07, 6.45) is 5.18. The molecule has 2 heterocycles. The maximum atomic E-state index is 9.22. The van der Waals surface area contributed by atoms with Gasteiger partial charge >= 0.3 is 0 Å². The lowest BCUT2D eigenvalue weighted by Crippen LogP contribution is -2.52. The Labute approximate surface area is 86.5 Å². The number of hydrogen-bond donors (Lipinski definition) is 2. The van der Waals surface area contributed by atoms with Crippen molar-refractivity contribution in [2.75, 3.05) is 13.7 Å². The predicted molar refractivity (Wildman–Crippen MR) is 57.3 cm³/mol. The van der Waals surface area contributed by atoms with Crippen LogP contribution in [0.5, 0.6) is 0 Å². The molecule has 0 saturated carbocycles.